The number of carbonyl (C=O) groups is 2. The average Bonchev–Trinajstić information content (AvgIpc) is 3.24. The van der Waals surface area contributed by atoms with Crippen molar-refractivity contribution in [2.75, 3.05) is 37.4 Å². The second kappa shape index (κ2) is 11.4. The van der Waals surface area contributed by atoms with Crippen molar-refractivity contribution in [2.45, 2.75) is 19.3 Å². The van der Waals surface area contributed by atoms with Gasteiger partial charge in [0.1, 0.15) is 23.5 Å². The van der Waals surface area contributed by atoms with Gasteiger partial charge in [0, 0.05) is 37.9 Å². The van der Waals surface area contributed by atoms with Crippen LogP contribution < -0.4 is 21.7 Å². The van der Waals surface area contributed by atoms with Gasteiger partial charge in [-0.15, -0.1) is 0 Å². The zero-order valence-electron chi connectivity index (χ0n) is 22.6. The SMILES string of the molecule is COCc1c(-c2ccc(N(C(N)=O)c3cc(C(F)(F)F)ccc3F)c(F)c2)c2c(N)ncnn2c1CN1CCNC(=O)C1. The lowest BCUT2D eigenvalue weighted by molar-refractivity contribution is -0.137. The standard InChI is InChI=1S/C27H25F5N8O3/c1-43-12-16-21(10-38-7-6-35-22(41)11-38)40-24(25(33)36-13-37-40)23(16)14-2-5-19(18(29)8-14)39(26(34)42)20-9-15(27(30,31)32)3-4-17(20)28/h2-5,8-9,13H,6-7,10-12H2,1H3,(H2,34,42)(H,35,41)(H2,33,36,37). The number of fused-ring (bicyclic) bond motifs is 1. The maximum absolute atomic E-state index is 15.8. The second-order valence-corrected chi connectivity index (χ2v) is 9.70. The van der Waals surface area contributed by atoms with Crippen molar-refractivity contribution < 1.29 is 36.3 Å². The molecule has 0 aliphatic carbocycles. The summed E-state index contributed by atoms with van der Waals surface area (Å²) in [5.41, 5.74) is 11.0. The summed E-state index contributed by atoms with van der Waals surface area (Å²) in [4.78, 5) is 30.6. The Balaban J connectivity index is 1.65. The number of nitrogens with zero attached hydrogens (tertiary/aromatic N) is 5. The molecule has 0 atom stereocenters. The average molecular weight is 605 g/mol. The van der Waals surface area contributed by atoms with E-state index in [1.807, 2.05) is 4.90 Å². The highest BCUT2D eigenvalue weighted by Gasteiger charge is 2.33. The van der Waals surface area contributed by atoms with Gasteiger partial charge >= 0.3 is 12.2 Å². The van der Waals surface area contributed by atoms with Crippen LogP contribution in [-0.4, -0.2) is 58.2 Å². The number of benzene rings is 2. The molecule has 4 aromatic rings. The van der Waals surface area contributed by atoms with E-state index in [-0.39, 0.29) is 37.0 Å². The normalized spacial score (nSPS) is 14.2. The summed E-state index contributed by atoms with van der Waals surface area (Å²) in [6, 6.07) is 3.44. The van der Waals surface area contributed by atoms with Crippen molar-refractivity contribution in [3.63, 3.8) is 0 Å². The molecule has 0 radical (unpaired) electrons. The molecular weight excluding hydrogens is 579 g/mol. The molecule has 0 spiro atoms. The fourth-order valence-electron chi connectivity index (χ4n) is 5.10. The number of halogens is 5. The van der Waals surface area contributed by atoms with Crippen LogP contribution in [0.3, 0.4) is 0 Å². The van der Waals surface area contributed by atoms with Crippen molar-refractivity contribution in [1.29, 1.82) is 0 Å². The number of ether oxygens (including phenoxy) is 1. The van der Waals surface area contributed by atoms with Crippen LogP contribution in [0.4, 0.5) is 43.9 Å². The maximum atomic E-state index is 15.8. The number of amides is 3. The molecular formula is C27H25F5N8O3. The second-order valence-electron chi connectivity index (χ2n) is 9.70. The molecule has 5 N–H and O–H groups in total. The highest BCUT2D eigenvalue weighted by Crippen LogP contribution is 2.40. The maximum Gasteiger partial charge on any atom is 0.416 e. The predicted molar refractivity (Wildman–Crippen MR) is 145 cm³/mol. The van der Waals surface area contributed by atoms with Crippen molar-refractivity contribution >= 4 is 34.6 Å². The van der Waals surface area contributed by atoms with Gasteiger partial charge in [-0.2, -0.15) is 18.3 Å². The number of methoxy groups -OCH3 is 1. The van der Waals surface area contributed by atoms with Crippen molar-refractivity contribution in [2.24, 2.45) is 5.73 Å². The van der Waals surface area contributed by atoms with Crippen LogP contribution in [0.2, 0.25) is 0 Å². The lowest BCUT2D eigenvalue weighted by atomic mass is 10.00. The fourth-order valence-corrected chi connectivity index (χ4v) is 5.10. The third kappa shape index (κ3) is 5.65. The lowest BCUT2D eigenvalue weighted by Crippen LogP contribution is -2.47. The number of hydrogen-bond donors (Lipinski definition) is 3. The summed E-state index contributed by atoms with van der Waals surface area (Å²) in [5, 5.41) is 7.08. The number of nitrogens with two attached hydrogens (primary N) is 2. The van der Waals surface area contributed by atoms with Crippen molar-refractivity contribution in [3.05, 3.63) is 71.2 Å². The fraction of sp³-hybridized carbons (Fsp3) is 0.259. The predicted octanol–water partition coefficient (Wildman–Crippen LogP) is 3.57. The van der Waals surface area contributed by atoms with E-state index in [4.69, 9.17) is 16.2 Å². The van der Waals surface area contributed by atoms with Crippen LogP contribution >= 0.6 is 0 Å². The molecule has 1 aliphatic heterocycles. The molecule has 3 heterocycles. The Kier molecular flexibility index (Phi) is 7.90. The van der Waals surface area contributed by atoms with E-state index in [0.717, 1.165) is 12.1 Å². The van der Waals surface area contributed by atoms with Gasteiger partial charge in [0.05, 0.1) is 35.8 Å². The van der Waals surface area contributed by atoms with Gasteiger partial charge < -0.3 is 21.5 Å². The van der Waals surface area contributed by atoms with Gasteiger partial charge in [0.25, 0.3) is 0 Å². The van der Waals surface area contributed by atoms with Gasteiger partial charge in [-0.25, -0.2) is 23.1 Å². The Hall–Kier alpha value is -4.83. The minimum Gasteiger partial charge on any atom is -0.382 e. The topological polar surface area (TPSA) is 144 Å². The summed E-state index contributed by atoms with van der Waals surface area (Å²) < 4.78 is 77.4. The van der Waals surface area contributed by atoms with Crippen LogP contribution in [0.1, 0.15) is 16.8 Å². The van der Waals surface area contributed by atoms with Gasteiger partial charge in [-0.1, -0.05) is 6.07 Å². The number of hydrogen-bond acceptors (Lipinski definition) is 7. The highest BCUT2D eigenvalue weighted by molar-refractivity contribution is 5.99. The Morgan fingerprint density at radius 3 is 2.56 bits per heavy atom. The van der Waals surface area contributed by atoms with Gasteiger partial charge in [0.2, 0.25) is 5.91 Å². The van der Waals surface area contributed by atoms with Crippen molar-refractivity contribution in [3.8, 4) is 11.1 Å². The summed E-state index contributed by atoms with van der Waals surface area (Å²) in [7, 11) is 1.46. The first-order chi connectivity index (χ1) is 20.4. The number of carbonyl (C=O) groups excluding carboxylic acids is 2. The highest BCUT2D eigenvalue weighted by atomic mass is 19.4. The molecule has 2 aromatic heterocycles. The van der Waals surface area contributed by atoms with Crippen LogP contribution in [0.25, 0.3) is 16.6 Å². The van der Waals surface area contributed by atoms with E-state index in [9.17, 15) is 27.2 Å². The molecule has 1 saturated heterocycles. The molecule has 16 heteroatoms. The Morgan fingerprint density at radius 2 is 1.91 bits per heavy atom. The van der Waals surface area contributed by atoms with Gasteiger partial charge in [-0.05, 0) is 35.9 Å². The van der Waals surface area contributed by atoms with Crippen molar-refractivity contribution in [1.82, 2.24) is 24.8 Å². The van der Waals surface area contributed by atoms with Crippen LogP contribution in [0.5, 0.6) is 0 Å². The molecule has 0 unspecified atom stereocenters. The lowest BCUT2D eigenvalue weighted by Gasteiger charge is -2.26. The number of anilines is 3. The minimum atomic E-state index is -4.86. The number of nitrogens with one attached hydrogen (secondary N) is 1. The van der Waals surface area contributed by atoms with E-state index >= 15 is 4.39 Å². The van der Waals surface area contributed by atoms with E-state index in [2.05, 4.69) is 15.4 Å². The molecule has 3 amide bonds. The first-order valence-electron chi connectivity index (χ1n) is 12.8. The third-order valence-electron chi connectivity index (χ3n) is 6.95. The van der Waals surface area contributed by atoms with E-state index in [0.29, 0.717) is 58.5 Å². The number of nitrogen functional groups attached to an aromatic ring is 1. The van der Waals surface area contributed by atoms with Gasteiger partial charge in [-0.3, -0.25) is 14.6 Å². The summed E-state index contributed by atoms with van der Waals surface area (Å²) in [6.45, 7) is 1.42. The Morgan fingerprint density at radius 1 is 1.14 bits per heavy atom. The first kappa shape index (κ1) is 29.7. The third-order valence-corrected chi connectivity index (χ3v) is 6.95. The molecule has 226 valence electrons. The molecule has 2 aromatic carbocycles. The van der Waals surface area contributed by atoms with Crippen LogP contribution in [0, 0.1) is 11.6 Å². The quantitative estimate of drug-likeness (QED) is 0.274. The van der Waals surface area contributed by atoms with Gasteiger partial charge in [0.15, 0.2) is 5.82 Å². The zero-order valence-corrected chi connectivity index (χ0v) is 22.6. The number of urea groups is 1. The molecule has 11 nitrogen and oxygen atoms in total. The summed E-state index contributed by atoms with van der Waals surface area (Å²) in [5.74, 6) is -2.42. The Labute approximate surface area is 240 Å². The molecule has 0 bridgehead atoms. The number of primary amides is 1. The molecule has 1 aliphatic rings. The smallest absolute Gasteiger partial charge is 0.382 e. The summed E-state index contributed by atoms with van der Waals surface area (Å²) >= 11 is 0. The number of aromatic nitrogens is 3. The minimum absolute atomic E-state index is 0.0275. The van der Waals surface area contributed by atoms with Crippen LogP contribution in [-0.2, 0) is 28.9 Å². The molecule has 1 fully saturated rings. The largest absolute Gasteiger partial charge is 0.416 e. The molecule has 0 saturated carbocycles. The van der Waals surface area contributed by atoms with E-state index in [1.165, 1.54) is 24.0 Å². The molecule has 43 heavy (non-hydrogen) atoms. The summed E-state index contributed by atoms with van der Waals surface area (Å²) in [6.07, 6.45) is -3.62. The van der Waals surface area contributed by atoms with E-state index < -0.39 is 40.8 Å². The monoisotopic (exact) mass is 604 g/mol. The number of alkyl halides is 3. The number of rotatable bonds is 7. The van der Waals surface area contributed by atoms with Crippen LogP contribution in [0.15, 0.2) is 42.7 Å². The Bertz CT molecular complexity index is 1730. The zero-order chi connectivity index (χ0) is 31.1. The number of piperazine rings is 1. The molecule has 5 rings (SSSR count). The van der Waals surface area contributed by atoms with E-state index in [1.54, 1.807) is 0 Å². The first-order valence-corrected chi connectivity index (χ1v) is 12.8.